The van der Waals surface area contributed by atoms with E-state index in [1.807, 2.05) is 106 Å². The van der Waals surface area contributed by atoms with Gasteiger partial charge < -0.3 is 35.8 Å². The molecule has 28 heteroatoms. The summed E-state index contributed by atoms with van der Waals surface area (Å²) in [7, 11) is -11.1. The molecule has 0 bridgehead atoms. The predicted octanol–water partition coefficient (Wildman–Crippen LogP) is 12.4. The van der Waals surface area contributed by atoms with Gasteiger partial charge in [0.1, 0.15) is 17.0 Å². The zero-order valence-electron chi connectivity index (χ0n) is 60.5. The Morgan fingerprint density at radius 3 is 2.10 bits per heavy atom. The van der Waals surface area contributed by atoms with Crippen molar-refractivity contribution in [2.24, 2.45) is 10.8 Å². The number of hydrogen-bond donors (Lipinski definition) is 5. The zero-order valence-corrected chi connectivity index (χ0v) is 64.5. The summed E-state index contributed by atoms with van der Waals surface area (Å²) in [4.78, 5) is 82.6. The number of aromatic nitrogens is 1. The lowest BCUT2D eigenvalue weighted by atomic mass is 9.73. The summed E-state index contributed by atoms with van der Waals surface area (Å²) in [5.74, 6) is -2.10. The number of unbranched alkanes of at least 4 members (excludes halogenated alkanes) is 2. The molecule has 4 aliphatic rings. The second-order valence-electron chi connectivity index (χ2n) is 29.7. The van der Waals surface area contributed by atoms with Crippen LogP contribution in [0.1, 0.15) is 139 Å². The molecule has 6 aromatic rings. The summed E-state index contributed by atoms with van der Waals surface area (Å²) >= 11 is 9.17. The van der Waals surface area contributed by atoms with Gasteiger partial charge in [0, 0.05) is 124 Å². The molecule has 10 rings (SSSR count). The van der Waals surface area contributed by atoms with Crippen molar-refractivity contribution in [1.82, 2.24) is 39.9 Å². The number of halogens is 4. The third-order valence-corrected chi connectivity index (χ3v) is 25.4. The second kappa shape index (κ2) is 34.7. The Balaban J connectivity index is 0.690. The maximum Gasteiger partial charge on any atom is 0.501 e. The Labute approximate surface area is 628 Å². The fraction of sp³-hybridized carbons (Fsp3) is 0.481. The number of rotatable bonds is 28. The number of amides is 5. The lowest BCUT2D eigenvalue weighted by molar-refractivity contribution is -0.144. The van der Waals surface area contributed by atoms with Gasteiger partial charge in [0.2, 0.25) is 23.6 Å². The van der Waals surface area contributed by atoms with E-state index < -0.39 is 94.3 Å². The van der Waals surface area contributed by atoms with Crippen molar-refractivity contribution < 1.29 is 59.1 Å². The third kappa shape index (κ3) is 21.1. The number of alkyl halides is 3. The number of likely N-dealkylation sites (tertiary alicyclic amines) is 1. The van der Waals surface area contributed by atoms with Crippen molar-refractivity contribution in [2.45, 2.75) is 163 Å². The summed E-state index contributed by atoms with van der Waals surface area (Å²) in [6, 6.07) is 30.8. The molecular formula is C77H96ClF3N10O10S4. The van der Waals surface area contributed by atoms with Crippen molar-refractivity contribution in [3.05, 3.63) is 160 Å². The molecule has 5 amide bonds. The molecule has 105 heavy (non-hydrogen) atoms. The number of allylic oxidation sites excluding steroid dienone is 1. The average molecular weight is 1540 g/mol. The van der Waals surface area contributed by atoms with Crippen LogP contribution >= 0.6 is 34.7 Å². The number of anilines is 2. The van der Waals surface area contributed by atoms with E-state index in [1.54, 1.807) is 33.9 Å². The molecule has 0 unspecified atom stereocenters. The van der Waals surface area contributed by atoms with Crippen molar-refractivity contribution in [1.29, 1.82) is 0 Å². The summed E-state index contributed by atoms with van der Waals surface area (Å²) in [5.41, 5.74) is 2.51. The highest BCUT2D eigenvalue weighted by atomic mass is 35.5. The highest BCUT2D eigenvalue weighted by Crippen LogP contribution is 2.44. The van der Waals surface area contributed by atoms with Gasteiger partial charge in [0.15, 0.2) is 0 Å². The van der Waals surface area contributed by atoms with Crippen LogP contribution in [0.2, 0.25) is 5.02 Å². The topological polar surface area (TPSA) is 251 Å². The van der Waals surface area contributed by atoms with Gasteiger partial charge in [-0.2, -0.15) is 13.2 Å². The fourth-order valence-electron chi connectivity index (χ4n) is 14.0. The van der Waals surface area contributed by atoms with E-state index in [9.17, 15) is 59.1 Å². The summed E-state index contributed by atoms with van der Waals surface area (Å²) in [5, 5.41) is 20.4. The van der Waals surface area contributed by atoms with E-state index in [2.05, 4.69) is 61.6 Å². The predicted molar refractivity (Wildman–Crippen MR) is 407 cm³/mol. The minimum absolute atomic E-state index is 0.0422. The lowest BCUT2D eigenvalue weighted by Gasteiger charge is -2.39. The molecular weight excluding hydrogens is 1450 g/mol. The molecule has 3 saturated heterocycles. The number of carbonyl (C=O) groups is 5. The summed E-state index contributed by atoms with van der Waals surface area (Å²) < 4.78 is 100. The largest absolute Gasteiger partial charge is 0.501 e. The van der Waals surface area contributed by atoms with Gasteiger partial charge in [0.05, 0.1) is 38.8 Å². The first-order chi connectivity index (χ1) is 49.7. The molecule has 3 fully saturated rings. The van der Waals surface area contributed by atoms with E-state index in [0.29, 0.717) is 82.6 Å². The molecule has 5 N–H and O–H groups in total. The maximum absolute atomic E-state index is 14.6. The van der Waals surface area contributed by atoms with Crippen LogP contribution in [0.3, 0.4) is 0 Å². The Hall–Kier alpha value is -7.37. The first-order valence-electron chi connectivity index (χ1n) is 35.8. The van der Waals surface area contributed by atoms with Crippen LogP contribution in [0.25, 0.3) is 16.0 Å². The molecule has 20 nitrogen and oxygen atoms in total. The fourth-order valence-corrected chi connectivity index (χ4v) is 18.0. The molecule has 0 spiro atoms. The minimum atomic E-state index is -6.18. The number of sulfonamides is 1. The van der Waals surface area contributed by atoms with E-state index in [-0.39, 0.29) is 54.4 Å². The number of nitrogens with one attached hydrogen (secondary N) is 4. The Morgan fingerprint density at radius 1 is 0.790 bits per heavy atom. The number of aliphatic hydroxyl groups is 1. The Bertz CT molecular complexity index is 4300. The van der Waals surface area contributed by atoms with Crippen molar-refractivity contribution >= 4 is 101 Å². The number of aryl methyl sites for hydroxylation is 1. The molecule has 0 saturated carbocycles. The number of carbonyl (C=O) groups excluding carboxylic acids is 5. The SMILES string of the molecule is Cc1ncsc1-c1ccc([C@H](C)NC(=O)[C@H]2C[C@H](O)CN2C(=O)[C@@H](NC(=O)CCCCCC(=O)N2CCN(CC[C@H](CSc3ccccc3)Nc3ccc(S(=O)(=O)NC(=O)c4ccc(N5CCN(CC6=C(c7ccc(Cl)cc7)CCC(C)(C)C6)CC5)cc4)cc3S(=O)(=O)C(F)(F)F)CC2)C(C)(C)C)cc1. The molecule has 3 aliphatic heterocycles. The van der Waals surface area contributed by atoms with Gasteiger partial charge in [-0.15, -0.1) is 23.1 Å². The highest BCUT2D eigenvalue weighted by Gasteiger charge is 2.49. The number of hydrogen-bond acceptors (Lipinski definition) is 17. The van der Waals surface area contributed by atoms with Crippen LogP contribution in [0.5, 0.6) is 0 Å². The van der Waals surface area contributed by atoms with Gasteiger partial charge >= 0.3 is 5.51 Å². The van der Waals surface area contributed by atoms with Crippen molar-refractivity contribution in [3.8, 4) is 10.4 Å². The minimum Gasteiger partial charge on any atom is -0.391 e. The van der Waals surface area contributed by atoms with E-state index in [0.717, 1.165) is 83.3 Å². The summed E-state index contributed by atoms with van der Waals surface area (Å²) in [6.07, 6.45) is 4.33. The molecule has 4 heterocycles. The van der Waals surface area contributed by atoms with Crippen LogP contribution in [-0.2, 0) is 39.0 Å². The van der Waals surface area contributed by atoms with E-state index >= 15 is 0 Å². The third-order valence-electron chi connectivity index (χ3n) is 20.2. The first kappa shape index (κ1) is 80.2. The monoisotopic (exact) mass is 1540 g/mol. The van der Waals surface area contributed by atoms with Gasteiger partial charge in [0.25, 0.3) is 25.8 Å². The number of aliphatic hydroxyl groups excluding tert-OH is 1. The van der Waals surface area contributed by atoms with Crippen LogP contribution in [0.15, 0.2) is 147 Å². The molecule has 0 radical (unpaired) electrons. The average Bonchev–Trinajstić information content (AvgIpc) is 0.849. The number of piperazine rings is 2. The van der Waals surface area contributed by atoms with Gasteiger partial charge in [-0.1, -0.05) is 113 Å². The van der Waals surface area contributed by atoms with Crippen LogP contribution in [0.4, 0.5) is 24.5 Å². The van der Waals surface area contributed by atoms with Crippen molar-refractivity contribution in [3.63, 3.8) is 0 Å². The lowest BCUT2D eigenvalue weighted by Crippen LogP contribution is -2.57. The standard InChI is InChI=1S/C77H96ClF3N10O10S4/c1-51(53-18-20-55(21-19-53)70-52(2)82-50-103-70)83-73(96)66-44-61(92)48-91(66)74(97)71(75(3,4)5)85-68(93)16-12-9-13-17-69(94)90-42-36-87(37-43-90)35-33-59(49-102-62-14-10-8-11-15-62)84-65-31-30-63(45-67(65)104(98,99)77(79,80)81)105(100,101)86-72(95)56-24-28-60(29-25-56)89-40-38-88(39-41-89)47-57-46-76(6,7)34-32-64(57)54-22-26-58(78)27-23-54/h8,10-11,14-15,18-31,45,50-51,59,61,66,71,84,92H,9,12-13,16-17,32-44,46-49H2,1-7H3,(H,83,96)(H,85,93)(H,86,95)/t51-,59+,61-,66+,71+/m0/s1. The van der Waals surface area contributed by atoms with Gasteiger partial charge in [-0.25, -0.2) is 26.5 Å². The number of thioether (sulfide) groups is 1. The Morgan fingerprint density at radius 2 is 1.45 bits per heavy atom. The summed E-state index contributed by atoms with van der Waals surface area (Å²) in [6.45, 7) is 19.8. The number of nitrogens with zero attached hydrogens (tertiary/aromatic N) is 6. The molecule has 5 aromatic carbocycles. The molecule has 566 valence electrons. The smallest absolute Gasteiger partial charge is 0.391 e. The van der Waals surface area contributed by atoms with Gasteiger partial charge in [-0.05, 0) is 152 Å². The van der Waals surface area contributed by atoms with Crippen LogP contribution in [-0.4, -0.2) is 184 Å². The van der Waals surface area contributed by atoms with Crippen LogP contribution in [0, 0.1) is 17.8 Å². The molecule has 1 aliphatic carbocycles. The zero-order chi connectivity index (χ0) is 75.6. The van der Waals surface area contributed by atoms with Crippen molar-refractivity contribution in [2.75, 3.05) is 88.0 Å². The van der Waals surface area contributed by atoms with E-state index in [4.69, 9.17) is 11.6 Å². The number of β-amino-alcohol motifs (C(OH)–C–C–N with tert-alkyl or cyclic N) is 1. The van der Waals surface area contributed by atoms with E-state index in [1.165, 1.54) is 45.5 Å². The molecule has 1 aromatic heterocycles. The maximum atomic E-state index is 14.6. The Kier molecular flexibility index (Phi) is 26.5. The van der Waals surface area contributed by atoms with Gasteiger partial charge in [-0.3, -0.25) is 33.8 Å². The van der Waals surface area contributed by atoms with Crippen LogP contribution < -0.4 is 25.6 Å². The number of sulfone groups is 1. The number of thiazole rings is 1. The normalized spacial score (nSPS) is 18.7. The quantitative estimate of drug-likeness (QED) is 0.0226. The number of benzene rings is 5. The first-order valence-corrected chi connectivity index (χ1v) is 41.0. The second-order valence-corrected chi connectivity index (χ2v) is 35.7. The molecule has 5 atom stereocenters. The highest BCUT2D eigenvalue weighted by molar-refractivity contribution is 7.99.